The van der Waals surface area contributed by atoms with Gasteiger partial charge < -0.3 is 15.4 Å². The molecule has 9 heteroatoms. The van der Waals surface area contributed by atoms with Gasteiger partial charge in [0.15, 0.2) is 0 Å². The average Bonchev–Trinajstić information content (AvgIpc) is 3.23. The molecular formula is C32H42N4O5. The Balaban J connectivity index is 0.000000206. The van der Waals surface area contributed by atoms with Crippen LogP contribution >= 0.6 is 0 Å². The maximum Gasteiger partial charge on any atom is 0.306 e. The molecule has 2 N–H and O–H groups in total. The molecule has 2 aromatic rings. The third-order valence-electron chi connectivity index (χ3n) is 8.04. The number of nitroso groups, excluding NO2 is 1. The van der Waals surface area contributed by atoms with Gasteiger partial charge in [0.25, 0.3) is 5.91 Å². The maximum atomic E-state index is 12.5. The zero-order chi connectivity index (χ0) is 29.6. The van der Waals surface area contributed by atoms with E-state index < -0.39 is 23.5 Å². The van der Waals surface area contributed by atoms with Gasteiger partial charge in [-0.15, -0.1) is 4.91 Å². The number of nitrogens with two attached hydrogens (primary N) is 1. The van der Waals surface area contributed by atoms with Gasteiger partial charge in [0, 0.05) is 43.6 Å². The molecule has 9 nitrogen and oxygen atoms in total. The number of rotatable bonds is 8. The van der Waals surface area contributed by atoms with Crippen LogP contribution in [0.2, 0.25) is 0 Å². The molecule has 1 atom stereocenters. The number of hydrogen-bond donors (Lipinski definition) is 1. The van der Waals surface area contributed by atoms with Crippen molar-refractivity contribution in [2.75, 3.05) is 13.1 Å². The van der Waals surface area contributed by atoms with E-state index in [9.17, 15) is 19.3 Å². The van der Waals surface area contributed by atoms with Gasteiger partial charge in [-0.25, -0.2) is 0 Å². The monoisotopic (exact) mass is 562 g/mol. The van der Waals surface area contributed by atoms with E-state index in [-0.39, 0.29) is 31.0 Å². The van der Waals surface area contributed by atoms with Crippen LogP contribution in [0.3, 0.4) is 0 Å². The first kappa shape index (κ1) is 30.4. The third kappa shape index (κ3) is 8.00. The minimum Gasteiger partial charge on any atom is -0.460 e. The van der Waals surface area contributed by atoms with Crippen molar-refractivity contribution in [1.82, 2.24) is 9.80 Å². The van der Waals surface area contributed by atoms with Gasteiger partial charge in [-0.2, -0.15) is 0 Å². The molecule has 2 amide bonds. The van der Waals surface area contributed by atoms with Gasteiger partial charge >= 0.3 is 5.97 Å². The van der Waals surface area contributed by atoms with Gasteiger partial charge in [0.05, 0.1) is 0 Å². The maximum absolute atomic E-state index is 12.5. The van der Waals surface area contributed by atoms with E-state index in [1.807, 2.05) is 0 Å². The molecule has 2 aliphatic heterocycles. The molecule has 0 radical (unpaired) electrons. The summed E-state index contributed by atoms with van der Waals surface area (Å²) in [7, 11) is 0. The number of carbonyl (C=O) groups excluding carboxylic acids is 3. The number of amides is 2. The van der Waals surface area contributed by atoms with Crippen LogP contribution in [-0.2, 0) is 20.9 Å². The zero-order valence-corrected chi connectivity index (χ0v) is 24.4. The van der Waals surface area contributed by atoms with Crippen molar-refractivity contribution in [3.8, 4) is 0 Å². The summed E-state index contributed by atoms with van der Waals surface area (Å²) in [5.74, 6) is -0.711. The van der Waals surface area contributed by atoms with Crippen molar-refractivity contribution >= 4 is 23.5 Å². The molecule has 1 aliphatic carbocycles. The topological polar surface area (TPSA) is 122 Å². The van der Waals surface area contributed by atoms with Crippen molar-refractivity contribution < 1.29 is 19.1 Å². The Morgan fingerprint density at radius 2 is 1.73 bits per heavy atom. The van der Waals surface area contributed by atoms with E-state index >= 15 is 0 Å². The number of benzene rings is 2. The van der Waals surface area contributed by atoms with Crippen molar-refractivity contribution in [3.05, 3.63) is 70.1 Å². The van der Waals surface area contributed by atoms with Crippen LogP contribution < -0.4 is 5.73 Å². The Hall–Kier alpha value is -3.59. The minimum atomic E-state index is -0.931. The number of esters is 1. The Morgan fingerprint density at radius 3 is 2.34 bits per heavy atom. The number of carbonyl (C=O) groups is 3. The van der Waals surface area contributed by atoms with E-state index in [1.165, 1.54) is 73.9 Å². The second kappa shape index (κ2) is 13.4. The first-order valence-corrected chi connectivity index (χ1v) is 14.6. The highest BCUT2D eigenvalue weighted by molar-refractivity contribution is 6.01. The Bertz CT molecular complexity index is 1230. The fourth-order valence-electron chi connectivity index (χ4n) is 5.93. The van der Waals surface area contributed by atoms with Crippen LogP contribution in [0.5, 0.6) is 0 Å². The van der Waals surface area contributed by atoms with Gasteiger partial charge in [-0.1, -0.05) is 49.6 Å². The molecule has 220 valence electrons. The molecule has 3 aliphatic rings. The van der Waals surface area contributed by atoms with Crippen LogP contribution in [0.25, 0.3) is 0 Å². The van der Waals surface area contributed by atoms with E-state index in [0.29, 0.717) is 11.1 Å². The summed E-state index contributed by atoms with van der Waals surface area (Å²) in [6.45, 7) is 7.98. The fraction of sp³-hybridized carbons (Fsp3) is 0.531. The molecular weight excluding hydrogens is 520 g/mol. The van der Waals surface area contributed by atoms with Crippen molar-refractivity contribution in [2.45, 2.75) is 95.9 Å². The summed E-state index contributed by atoms with van der Waals surface area (Å²) >= 11 is 0. The number of nitrogens with zero attached hydrogens (tertiary/aromatic N) is 3. The van der Waals surface area contributed by atoms with Crippen LogP contribution in [0, 0.1) is 4.91 Å². The molecule has 2 aromatic carbocycles. The van der Waals surface area contributed by atoms with E-state index in [1.54, 1.807) is 20.8 Å². The molecule has 1 saturated heterocycles. The van der Waals surface area contributed by atoms with E-state index in [0.717, 1.165) is 12.0 Å². The smallest absolute Gasteiger partial charge is 0.306 e. The molecule has 0 spiro atoms. The Kier molecular flexibility index (Phi) is 9.91. The lowest BCUT2D eigenvalue weighted by molar-refractivity contribution is -0.155. The fourth-order valence-corrected chi connectivity index (χ4v) is 5.93. The molecule has 2 heterocycles. The molecule has 41 heavy (non-hydrogen) atoms. The number of ether oxygens (including phenoxy) is 1. The second-order valence-corrected chi connectivity index (χ2v) is 12.3. The molecule has 2 fully saturated rings. The SMILES string of the molecule is CC(C)(C)OC(=O)CCC(C(N)=O)N1Cc2cc(N=O)ccc2C1=O.c1ccc(C2CN(C3CCCCC3)C2)cc1. The van der Waals surface area contributed by atoms with Crippen LogP contribution in [0.4, 0.5) is 5.69 Å². The van der Waals surface area contributed by atoms with Gasteiger partial charge in [0.1, 0.15) is 17.3 Å². The summed E-state index contributed by atoms with van der Waals surface area (Å²) < 4.78 is 5.21. The van der Waals surface area contributed by atoms with Crippen LogP contribution in [0.15, 0.2) is 53.7 Å². The van der Waals surface area contributed by atoms with E-state index in [4.69, 9.17) is 10.5 Å². The van der Waals surface area contributed by atoms with Gasteiger partial charge in [-0.05, 0) is 74.5 Å². The first-order valence-electron chi connectivity index (χ1n) is 14.6. The zero-order valence-electron chi connectivity index (χ0n) is 24.4. The highest BCUT2D eigenvalue weighted by Crippen LogP contribution is 2.33. The predicted molar refractivity (Wildman–Crippen MR) is 157 cm³/mol. The van der Waals surface area contributed by atoms with Gasteiger partial charge in [0.2, 0.25) is 5.91 Å². The predicted octanol–water partition coefficient (Wildman–Crippen LogP) is 5.43. The van der Waals surface area contributed by atoms with Crippen molar-refractivity contribution in [1.29, 1.82) is 0 Å². The third-order valence-corrected chi connectivity index (χ3v) is 8.04. The number of hydrogen-bond acceptors (Lipinski definition) is 7. The molecule has 1 saturated carbocycles. The molecule has 0 aromatic heterocycles. The van der Waals surface area contributed by atoms with Crippen molar-refractivity contribution in [2.24, 2.45) is 10.9 Å². The lowest BCUT2D eigenvalue weighted by Gasteiger charge is -2.46. The van der Waals surface area contributed by atoms with Crippen LogP contribution in [0.1, 0.15) is 93.1 Å². The summed E-state index contributed by atoms with van der Waals surface area (Å²) in [4.78, 5) is 50.8. The average molecular weight is 563 g/mol. The lowest BCUT2D eigenvalue weighted by atomic mass is 9.86. The normalized spacial score (nSPS) is 18.5. The van der Waals surface area contributed by atoms with E-state index in [2.05, 4.69) is 40.4 Å². The first-order chi connectivity index (χ1) is 19.6. The second-order valence-electron chi connectivity index (χ2n) is 12.3. The molecule has 5 rings (SSSR count). The highest BCUT2D eigenvalue weighted by atomic mass is 16.6. The number of likely N-dealkylation sites (tertiary alicyclic amines) is 1. The lowest BCUT2D eigenvalue weighted by Crippen LogP contribution is -2.51. The largest absolute Gasteiger partial charge is 0.460 e. The summed E-state index contributed by atoms with van der Waals surface area (Å²) in [6, 6.07) is 15.4. The van der Waals surface area contributed by atoms with Gasteiger partial charge in [-0.3, -0.25) is 19.3 Å². The molecule has 1 unspecified atom stereocenters. The quantitative estimate of drug-likeness (QED) is 0.338. The molecule has 0 bridgehead atoms. The summed E-state index contributed by atoms with van der Waals surface area (Å²) in [6.07, 6.45) is 7.30. The minimum absolute atomic E-state index is 0.0356. The number of fused-ring (bicyclic) bond motifs is 1. The Labute approximate surface area is 242 Å². The summed E-state index contributed by atoms with van der Waals surface area (Å²) in [5.41, 5.74) is 7.55. The number of primary amides is 1. The van der Waals surface area contributed by atoms with Crippen molar-refractivity contribution in [3.63, 3.8) is 0 Å². The summed E-state index contributed by atoms with van der Waals surface area (Å²) in [5, 5.41) is 2.84. The highest BCUT2D eigenvalue weighted by Gasteiger charge is 2.36. The standard InChI is InChI=1S/C17H21N3O5.C15H21N/c1-17(2,3)25-14(21)7-6-13(15(18)22)20-9-10-8-11(19-24)4-5-12(10)16(20)23;1-3-7-13(8-4-1)14-11-16(12-14)15-9-5-2-6-10-15/h4-5,8,13H,6-7,9H2,1-3H3,(H2,18,22);1,3-4,7-8,14-15H,2,5-6,9-12H2. The van der Waals surface area contributed by atoms with Crippen LogP contribution in [-0.4, -0.2) is 58.4 Å². The Morgan fingerprint density at radius 1 is 1.05 bits per heavy atom.